The Hall–Kier alpha value is -3.33. The number of rotatable bonds is 2. The van der Waals surface area contributed by atoms with Crippen molar-refractivity contribution >= 4 is 17.7 Å². The Kier molecular flexibility index (Phi) is 4.62. The molecule has 2 fully saturated rings. The van der Waals surface area contributed by atoms with Crippen molar-refractivity contribution in [3.05, 3.63) is 92.9 Å². The van der Waals surface area contributed by atoms with Gasteiger partial charge in [-0.2, -0.15) is 0 Å². The highest BCUT2D eigenvalue weighted by Crippen LogP contribution is 2.62. The maximum absolute atomic E-state index is 15.1. The van der Waals surface area contributed by atoms with Gasteiger partial charge in [-0.1, -0.05) is 24.3 Å². The average molecular weight is 508 g/mol. The van der Waals surface area contributed by atoms with Crippen molar-refractivity contribution < 1.29 is 18.7 Å². The van der Waals surface area contributed by atoms with Crippen LogP contribution in [0.3, 0.4) is 0 Å². The van der Waals surface area contributed by atoms with Crippen LogP contribution in [0.25, 0.3) is 0 Å². The monoisotopic (exact) mass is 507 g/mol. The molecule has 1 aromatic heterocycles. The molecule has 1 atom stereocenters. The highest BCUT2D eigenvalue weighted by Gasteiger charge is 2.56. The van der Waals surface area contributed by atoms with Gasteiger partial charge in [0.05, 0.1) is 6.04 Å². The van der Waals surface area contributed by atoms with Crippen molar-refractivity contribution in [2.24, 2.45) is 5.41 Å². The fraction of sp³-hybridized carbons (Fsp3) is 0.333. The molecule has 4 aliphatic rings. The highest BCUT2D eigenvalue weighted by molar-refractivity contribution is 7.98. The number of hydrogen-bond donors (Lipinski definition) is 1. The fourth-order valence-corrected chi connectivity index (χ4v) is 7.19. The van der Waals surface area contributed by atoms with Crippen molar-refractivity contribution in [1.82, 2.24) is 9.58 Å². The zero-order valence-electron chi connectivity index (χ0n) is 19.3. The summed E-state index contributed by atoms with van der Waals surface area (Å²) in [6.45, 7) is 0.191. The Labute approximate surface area is 210 Å². The maximum atomic E-state index is 15.1. The van der Waals surface area contributed by atoms with Crippen molar-refractivity contribution in [2.75, 3.05) is 11.7 Å². The van der Waals surface area contributed by atoms with Crippen LogP contribution in [0.15, 0.2) is 58.4 Å². The van der Waals surface area contributed by atoms with Crippen LogP contribution in [-0.4, -0.2) is 33.3 Å². The molecule has 36 heavy (non-hydrogen) atoms. The van der Waals surface area contributed by atoms with Gasteiger partial charge in [-0.25, -0.2) is 8.78 Å². The van der Waals surface area contributed by atoms with E-state index in [1.807, 2.05) is 29.3 Å². The van der Waals surface area contributed by atoms with Gasteiger partial charge < -0.3 is 10.0 Å². The van der Waals surface area contributed by atoms with Gasteiger partial charge in [-0.3, -0.25) is 19.3 Å². The van der Waals surface area contributed by atoms with Crippen molar-refractivity contribution in [1.29, 1.82) is 0 Å². The third kappa shape index (κ3) is 3.08. The number of fused-ring (bicyclic) bond motifs is 3. The Morgan fingerprint density at radius 3 is 2.56 bits per heavy atom. The van der Waals surface area contributed by atoms with E-state index in [0.29, 0.717) is 11.0 Å². The minimum Gasteiger partial charge on any atom is -0.502 e. The normalized spacial score (nSPS) is 21.9. The first-order valence-corrected chi connectivity index (χ1v) is 13.1. The summed E-state index contributed by atoms with van der Waals surface area (Å²) in [6.07, 6.45) is 5.62. The molecule has 3 aromatic rings. The number of aromatic nitrogens is 1. The number of pyridine rings is 1. The molecule has 3 heterocycles. The van der Waals surface area contributed by atoms with E-state index in [1.54, 1.807) is 11.0 Å². The van der Waals surface area contributed by atoms with Crippen LogP contribution in [0.5, 0.6) is 5.75 Å². The molecule has 1 spiro atoms. The van der Waals surface area contributed by atoms with Gasteiger partial charge in [0.15, 0.2) is 23.1 Å². The van der Waals surface area contributed by atoms with E-state index in [0.717, 1.165) is 29.4 Å². The molecule has 0 bridgehead atoms. The molecule has 0 radical (unpaired) electrons. The number of thioether (sulfide) groups is 1. The Morgan fingerprint density at radius 2 is 1.78 bits per heavy atom. The SMILES string of the molecule is O=C1c2c(O)c(=O)ccn2N([C@@H]2c3ccccc3SCc3c2ccc(F)c3F)CN1C1CC2(CC2)C1. The number of amides is 1. The van der Waals surface area contributed by atoms with Crippen LogP contribution in [0, 0.1) is 17.0 Å². The van der Waals surface area contributed by atoms with Crippen molar-refractivity contribution in [2.45, 2.75) is 48.4 Å². The fourth-order valence-electron chi connectivity index (χ4n) is 6.07. The summed E-state index contributed by atoms with van der Waals surface area (Å²) in [4.78, 5) is 28.6. The third-order valence-corrected chi connectivity index (χ3v) is 9.35. The van der Waals surface area contributed by atoms with Crippen molar-refractivity contribution in [3.63, 3.8) is 0 Å². The Bertz CT molecular complexity index is 1490. The number of carbonyl (C=O) groups excluding carboxylic acids is 1. The average Bonchev–Trinajstić information content (AvgIpc) is 3.67. The summed E-state index contributed by atoms with van der Waals surface area (Å²) in [7, 11) is 0. The molecule has 0 saturated heterocycles. The van der Waals surface area contributed by atoms with Crippen LogP contribution in [0.1, 0.15) is 58.9 Å². The molecule has 6 nitrogen and oxygen atoms in total. The Balaban J connectivity index is 1.44. The summed E-state index contributed by atoms with van der Waals surface area (Å²) >= 11 is 1.44. The summed E-state index contributed by atoms with van der Waals surface area (Å²) < 4.78 is 30.9. The zero-order valence-corrected chi connectivity index (χ0v) is 20.1. The predicted molar refractivity (Wildman–Crippen MR) is 131 cm³/mol. The molecule has 2 aromatic carbocycles. The van der Waals surface area contributed by atoms with Gasteiger partial charge in [-0.05, 0) is 54.4 Å². The smallest absolute Gasteiger partial charge is 0.278 e. The predicted octanol–water partition coefficient (Wildman–Crippen LogP) is 4.52. The summed E-state index contributed by atoms with van der Waals surface area (Å²) in [6, 6.07) is 11.1. The van der Waals surface area contributed by atoms with E-state index >= 15 is 4.39 Å². The molecule has 2 aliphatic carbocycles. The minimum atomic E-state index is -0.902. The molecule has 2 aliphatic heterocycles. The van der Waals surface area contributed by atoms with E-state index in [9.17, 15) is 19.1 Å². The second-order valence-electron chi connectivity index (χ2n) is 10.3. The summed E-state index contributed by atoms with van der Waals surface area (Å²) in [5.41, 5.74) is 1.37. The standard InChI is InChI=1S/C27H23F2N3O3S/c28-19-6-5-16-18(22(19)29)13-36-21-4-2-1-3-17(21)23(16)32-14-30(15-11-27(12-15)8-9-27)26(35)24-25(34)20(33)7-10-31(24)32/h1-7,10,15,23,34H,8-9,11-14H2/t23-/m0/s1. The second-order valence-corrected chi connectivity index (χ2v) is 11.3. The molecule has 7 rings (SSSR count). The quantitative estimate of drug-likeness (QED) is 0.553. The molecule has 1 N–H and O–H groups in total. The number of nitrogens with zero attached hydrogens (tertiary/aromatic N) is 3. The molecular formula is C27H23F2N3O3S. The van der Waals surface area contributed by atoms with E-state index in [4.69, 9.17) is 0 Å². The molecule has 184 valence electrons. The van der Waals surface area contributed by atoms with Gasteiger partial charge in [-0.15, -0.1) is 11.8 Å². The molecular weight excluding hydrogens is 484 g/mol. The first-order valence-electron chi connectivity index (χ1n) is 12.1. The zero-order chi connectivity index (χ0) is 24.8. The van der Waals surface area contributed by atoms with Crippen LogP contribution < -0.4 is 10.4 Å². The van der Waals surface area contributed by atoms with Gasteiger partial charge in [0.2, 0.25) is 5.43 Å². The molecule has 2 saturated carbocycles. The topological polar surface area (TPSA) is 65.8 Å². The van der Waals surface area contributed by atoms with E-state index < -0.39 is 28.9 Å². The third-order valence-electron chi connectivity index (χ3n) is 8.24. The summed E-state index contributed by atoms with van der Waals surface area (Å²) in [5.74, 6) is -2.50. The highest BCUT2D eigenvalue weighted by atomic mass is 32.2. The van der Waals surface area contributed by atoms with E-state index in [-0.39, 0.29) is 35.6 Å². The van der Waals surface area contributed by atoms with Gasteiger partial charge in [0.1, 0.15) is 6.67 Å². The summed E-state index contributed by atoms with van der Waals surface area (Å²) in [5, 5.41) is 12.6. The number of carbonyl (C=O) groups is 1. The van der Waals surface area contributed by atoms with Crippen LogP contribution in [0.4, 0.5) is 8.78 Å². The molecule has 0 unspecified atom stereocenters. The van der Waals surface area contributed by atoms with Gasteiger partial charge in [0.25, 0.3) is 5.91 Å². The number of hydrogen-bond acceptors (Lipinski definition) is 5. The lowest BCUT2D eigenvalue weighted by Gasteiger charge is -2.50. The van der Waals surface area contributed by atoms with Gasteiger partial charge >= 0.3 is 0 Å². The maximum Gasteiger partial charge on any atom is 0.278 e. The lowest BCUT2D eigenvalue weighted by molar-refractivity contribution is 0.0307. The van der Waals surface area contributed by atoms with E-state index in [2.05, 4.69) is 0 Å². The van der Waals surface area contributed by atoms with Crippen LogP contribution >= 0.6 is 11.8 Å². The number of halogens is 2. The number of benzene rings is 2. The van der Waals surface area contributed by atoms with E-state index in [1.165, 1.54) is 41.5 Å². The first kappa shape index (κ1) is 21.9. The Morgan fingerprint density at radius 1 is 1.00 bits per heavy atom. The second kappa shape index (κ2) is 7.59. The minimum absolute atomic E-state index is 0.00535. The largest absolute Gasteiger partial charge is 0.502 e. The van der Waals surface area contributed by atoms with Crippen LogP contribution in [-0.2, 0) is 5.75 Å². The van der Waals surface area contributed by atoms with Crippen LogP contribution in [0.2, 0.25) is 0 Å². The lowest BCUT2D eigenvalue weighted by atomic mass is 9.76. The number of aromatic hydroxyl groups is 1. The first-order chi connectivity index (χ1) is 17.4. The van der Waals surface area contributed by atoms with Crippen molar-refractivity contribution in [3.8, 4) is 5.75 Å². The molecule has 1 amide bonds. The van der Waals surface area contributed by atoms with Gasteiger partial charge in [0, 0.05) is 34.5 Å². The molecule has 9 heteroatoms. The lowest BCUT2D eigenvalue weighted by Crippen LogP contribution is -2.60.